The highest BCUT2D eigenvalue weighted by molar-refractivity contribution is 6.17. The zero-order valence-electron chi connectivity index (χ0n) is 12.2. The second-order valence-corrected chi connectivity index (χ2v) is 5.42. The van der Waals surface area contributed by atoms with Crippen LogP contribution in [0.1, 0.15) is 25.0 Å². The Bertz CT molecular complexity index is 377. The molecule has 0 aliphatic heterocycles. The minimum absolute atomic E-state index is 0.505. The summed E-state index contributed by atoms with van der Waals surface area (Å²) in [5, 5.41) is 0. The average Bonchev–Trinajstić information content (AvgIpc) is 2.31. The second kappa shape index (κ2) is 7.01. The van der Waals surface area contributed by atoms with Crippen molar-refractivity contribution in [2.45, 2.75) is 32.7 Å². The number of aryl methyl sites for hydroxylation is 1. The van der Waals surface area contributed by atoms with Crippen molar-refractivity contribution in [2.75, 3.05) is 32.1 Å². The van der Waals surface area contributed by atoms with Gasteiger partial charge in [0.15, 0.2) is 0 Å². The van der Waals surface area contributed by atoms with Gasteiger partial charge in [0.25, 0.3) is 0 Å². The molecule has 0 aromatic heterocycles. The summed E-state index contributed by atoms with van der Waals surface area (Å²) in [4.78, 5) is 4.68. The molecular weight excluding hydrogens is 244 g/mol. The second-order valence-electron chi connectivity index (χ2n) is 5.15. The third-order valence-electron chi connectivity index (χ3n) is 3.23. The number of alkyl halides is 1. The Balaban J connectivity index is 2.94. The molecule has 0 heterocycles. The summed E-state index contributed by atoms with van der Waals surface area (Å²) < 4.78 is 0. The maximum Gasteiger partial charge on any atom is 0.0474 e. The average molecular weight is 269 g/mol. The summed E-state index contributed by atoms with van der Waals surface area (Å²) in [6.45, 7) is 8.73. The molecule has 3 heteroatoms. The van der Waals surface area contributed by atoms with E-state index in [4.69, 9.17) is 11.6 Å². The van der Waals surface area contributed by atoms with Crippen LogP contribution < -0.4 is 4.90 Å². The van der Waals surface area contributed by atoms with Gasteiger partial charge in [-0.1, -0.05) is 12.1 Å². The van der Waals surface area contributed by atoms with Crippen molar-refractivity contribution in [1.82, 2.24) is 4.90 Å². The van der Waals surface area contributed by atoms with Crippen LogP contribution in [-0.2, 0) is 5.88 Å². The van der Waals surface area contributed by atoms with Crippen molar-refractivity contribution in [1.29, 1.82) is 0 Å². The first-order valence-electron chi connectivity index (χ1n) is 6.56. The molecule has 0 saturated carbocycles. The number of nitrogens with zero attached hydrogens (tertiary/aromatic N) is 2. The fourth-order valence-corrected chi connectivity index (χ4v) is 2.64. The van der Waals surface area contributed by atoms with Crippen LogP contribution in [0.4, 0.5) is 5.69 Å². The number of rotatable bonds is 6. The minimum Gasteiger partial charge on any atom is -0.368 e. The molecule has 0 saturated heterocycles. The van der Waals surface area contributed by atoms with Gasteiger partial charge in [-0.05, 0) is 52.1 Å². The Morgan fingerprint density at radius 2 is 1.94 bits per heavy atom. The lowest BCUT2D eigenvalue weighted by molar-refractivity contribution is 0.373. The zero-order chi connectivity index (χ0) is 13.7. The Labute approximate surface area is 117 Å². The Morgan fingerprint density at radius 3 is 2.39 bits per heavy atom. The van der Waals surface area contributed by atoms with Gasteiger partial charge in [0.1, 0.15) is 0 Å². The zero-order valence-corrected chi connectivity index (χ0v) is 13.0. The van der Waals surface area contributed by atoms with Gasteiger partial charge in [-0.25, -0.2) is 0 Å². The predicted molar refractivity (Wildman–Crippen MR) is 81.8 cm³/mol. The Morgan fingerprint density at radius 1 is 1.28 bits per heavy atom. The van der Waals surface area contributed by atoms with Crippen molar-refractivity contribution in [3.8, 4) is 0 Å². The van der Waals surface area contributed by atoms with Crippen molar-refractivity contribution < 1.29 is 0 Å². The summed E-state index contributed by atoms with van der Waals surface area (Å²) in [6, 6.07) is 7.02. The smallest absolute Gasteiger partial charge is 0.0474 e. The summed E-state index contributed by atoms with van der Waals surface area (Å²) in [5.41, 5.74) is 3.82. The number of hydrogen-bond donors (Lipinski definition) is 0. The molecule has 0 spiro atoms. The molecule has 0 aliphatic rings. The first kappa shape index (κ1) is 15.3. The van der Waals surface area contributed by atoms with E-state index in [1.165, 1.54) is 16.8 Å². The van der Waals surface area contributed by atoms with Crippen molar-refractivity contribution in [2.24, 2.45) is 0 Å². The number of likely N-dealkylation sites (N-methyl/N-ethyl adjacent to an activating group) is 2. The fraction of sp³-hybridized carbons (Fsp3) is 0.600. The third kappa shape index (κ3) is 3.89. The molecule has 0 amide bonds. The highest BCUT2D eigenvalue weighted by Crippen LogP contribution is 2.24. The van der Waals surface area contributed by atoms with E-state index in [1.807, 2.05) is 0 Å². The molecule has 102 valence electrons. The Kier molecular flexibility index (Phi) is 5.97. The molecule has 2 nitrogen and oxygen atoms in total. The SMILES string of the molecule is CCN(c1ccc(CCl)cc1C)C(C)CN(C)C. The number of hydrogen-bond acceptors (Lipinski definition) is 2. The highest BCUT2D eigenvalue weighted by atomic mass is 35.5. The summed E-state index contributed by atoms with van der Waals surface area (Å²) >= 11 is 5.88. The summed E-state index contributed by atoms with van der Waals surface area (Å²) in [5.74, 6) is 0.584. The van der Waals surface area contributed by atoms with Crippen molar-refractivity contribution in [3.63, 3.8) is 0 Å². The molecule has 1 aromatic rings. The molecule has 18 heavy (non-hydrogen) atoms. The van der Waals surface area contributed by atoms with E-state index in [0.29, 0.717) is 11.9 Å². The van der Waals surface area contributed by atoms with E-state index in [1.54, 1.807) is 0 Å². The highest BCUT2D eigenvalue weighted by Gasteiger charge is 2.15. The quantitative estimate of drug-likeness (QED) is 0.729. The van der Waals surface area contributed by atoms with Gasteiger partial charge in [-0.2, -0.15) is 0 Å². The van der Waals surface area contributed by atoms with Crippen LogP contribution in [0.2, 0.25) is 0 Å². The molecule has 0 N–H and O–H groups in total. The van der Waals surface area contributed by atoms with Crippen LogP contribution in [0.25, 0.3) is 0 Å². The molecule has 1 aromatic carbocycles. The van der Waals surface area contributed by atoms with Crippen molar-refractivity contribution in [3.05, 3.63) is 29.3 Å². The third-order valence-corrected chi connectivity index (χ3v) is 3.54. The van der Waals surface area contributed by atoms with Crippen LogP contribution in [0.15, 0.2) is 18.2 Å². The van der Waals surface area contributed by atoms with Gasteiger partial charge in [0.05, 0.1) is 0 Å². The van der Waals surface area contributed by atoms with Gasteiger partial charge >= 0.3 is 0 Å². The van der Waals surface area contributed by atoms with E-state index in [2.05, 4.69) is 62.9 Å². The first-order valence-corrected chi connectivity index (χ1v) is 7.09. The van der Waals surface area contributed by atoms with E-state index in [0.717, 1.165) is 13.1 Å². The van der Waals surface area contributed by atoms with Crippen LogP contribution in [-0.4, -0.2) is 38.1 Å². The fourth-order valence-electron chi connectivity index (χ4n) is 2.47. The van der Waals surface area contributed by atoms with Gasteiger partial charge < -0.3 is 9.80 Å². The number of benzene rings is 1. The largest absolute Gasteiger partial charge is 0.368 e. The lowest BCUT2D eigenvalue weighted by Gasteiger charge is -2.33. The van der Waals surface area contributed by atoms with Crippen LogP contribution >= 0.6 is 11.6 Å². The van der Waals surface area contributed by atoms with Gasteiger partial charge in [-0.3, -0.25) is 0 Å². The van der Waals surface area contributed by atoms with Gasteiger partial charge in [-0.15, -0.1) is 11.6 Å². The Hall–Kier alpha value is -0.730. The summed E-state index contributed by atoms with van der Waals surface area (Å²) in [7, 11) is 4.24. The molecule has 0 fully saturated rings. The molecular formula is C15H25ClN2. The van der Waals surface area contributed by atoms with E-state index in [9.17, 15) is 0 Å². The van der Waals surface area contributed by atoms with Crippen LogP contribution in [0.5, 0.6) is 0 Å². The lowest BCUT2D eigenvalue weighted by atomic mass is 10.1. The molecule has 1 unspecified atom stereocenters. The van der Waals surface area contributed by atoms with E-state index in [-0.39, 0.29) is 0 Å². The monoisotopic (exact) mass is 268 g/mol. The molecule has 0 bridgehead atoms. The standard InChI is InChI=1S/C15H25ClN2/c1-6-18(13(3)11-17(4)5)15-8-7-14(10-16)9-12(15)2/h7-9,13H,6,10-11H2,1-5H3. The molecule has 0 radical (unpaired) electrons. The van der Waals surface area contributed by atoms with E-state index >= 15 is 0 Å². The lowest BCUT2D eigenvalue weighted by Crippen LogP contribution is -2.40. The van der Waals surface area contributed by atoms with Gasteiger partial charge in [0, 0.05) is 30.7 Å². The topological polar surface area (TPSA) is 6.48 Å². The van der Waals surface area contributed by atoms with Crippen LogP contribution in [0.3, 0.4) is 0 Å². The van der Waals surface area contributed by atoms with Crippen molar-refractivity contribution >= 4 is 17.3 Å². The maximum absolute atomic E-state index is 5.88. The first-order chi connectivity index (χ1) is 8.49. The molecule has 1 atom stereocenters. The minimum atomic E-state index is 0.505. The number of halogens is 1. The molecule has 0 aliphatic carbocycles. The van der Waals surface area contributed by atoms with E-state index < -0.39 is 0 Å². The van der Waals surface area contributed by atoms with Crippen LogP contribution in [0, 0.1) is 6.92 Å². The normalized spacial score (nSPS) is 12.8. The number of anilines is 1. The molecule has 1 rings (SSSR count). The summed E-state index contributed by atoms with van der Waals surface area (Å²) in [6.07, 6.45) is 0. The predicted octanol–water partition coefficient (Wildman–Crippen LogP) is 3.51. The van der Waals surface area contributed by atoms with Gasteiger partial charge in [0.2, 0.25) is 0 Å². The maximum atomic E-state index is 5.88.